The summed E-state index contributed by atoms with van der Waals surface area (Å²) in [6.07, 6.45) is 0. The third kappa shape index (κ3) is 5.67. The van der Waals surface area contributed by atoms with E-state index in [2.05, 4.69) is 15.6 Å². The Bertz CT molecular complexity index is 569. The van der Waals surface area contributed by atoms with Crippen LogP contribution in [0.1, 0.15) is 10.4 Å². The standard InChI is InChI=1S/C13H20N6O3/c1-17-7-11(20)19-8-2-3-10(9(6-8)12(14)21)22-5-4-18-13(15)16/h2-3,6,17H,4-5,7H2,1H3,(H2,14,21)(H,19,20)(H4,15,16,18). The monoisotopic (exact) mass is 308 g/mol. The number of carbonyl (C=O) groups is 2. The Morgan fingerprint density at radius 1 is 1.27 bits per heavy atom. The van der Waals surface area contributed by atoms with Crippen LogP contribution in [0.4, 0.5) is 5.69 Å². The highest BCUT2D eigenvalue weighted by atomic mass is 16.5. The van der Waals surface area contributed by atoms with Crippen molar-refractivity contribution < 1.29 is 14.3 Å². The van der Waals surface area contributed by atoms with E-state index in [0.717, 1.165) is 0 Å². The molecule has 0 fully saturated rings. The lowest BCUT2D eigenvalue weighted by atomic mass is 10.1. The number of carbonyl (C=O) groups excluding carboxylic acids is 2. The van der Waals surface area contributed by atoms with Crippen molar-refractivity contribution in [1.82, 2.24) is 5.32 Å². The first-order valence-corrected chi connectivity index (χ1v) is 6.50. The molecule has 0 aromatic heterocycles. The third-order valence-corrected chi connectivity index (χ3v) is 2.51. The lowest BCUT2D eigenvalue weighted by molar-refractivity contribution is -0.115. The van der Waals surface area contributed by atoms with Gasteiger partial charge in [-0.1, -0.05) is 0 Å². The fourth-order valence-corrected chi connectivity index (χ4v) is 1.62. The molecule has 0 aliphatic carbocycles. The molecule has 0 radical (unpaired) electrons. The number of aliphatic imine (C=N–C) groups is 1. The maximum atomic E-state index is 11.5. The summed E-state index contributed by atoms with van der Waals surface area (Å²) in [5.74, 6) is -0.646. The molecule has 0 saturated carbocycles. The van der Waals surface area contributed by atoms with E-state index >= 15 is 0 Å². The molecule has 1 aromatic rings. The quantitative estimate of drug-likeness (QED) is 0.225. The lowest BCUT2D eigenvalue weighted by Crippen LogP contribution is -2.25. The van der Waals surface area contributed by atoms with Crippen LogP contribution in [0.2, 0.25) is 0 Å². The van der Waals surface area contributed by atoms with Gasteiger partial charge < -0.3 is 32.6 Å². The van der Waals surface area contributed by atoms with Gasteiger partial charge >= 0.3 is 0 Å². The Labute approximate surface area is 127 Å². The van der Waals surface area contributed by atoms with Gasteiger partial charge in [0.1, 0.15) is 12.4 Å². The van der Waals surface area contributed by atoms with Crippen molar-refractivity contribution in [2.24, 2.45) is 22.2 Å². The molecule has 0 heterocycles. The first-order valence-electron chi connectivity index (χ1n) is 6.50. The van der Waals surface area contributed by atoms with Crippen molar-refractivity contribution in [2.45, 2.75) is 0 Å². The Balaban J connectivity index is 2.79. The second-order valence-corrected chi connectivity index (χ2v) is 4.31. The summed E-state index contributed by atoms with van der Waals surface area (Å²) in [6, 6.07) is 4.60. The molecule has 120 valence electrons. The fourth-order valence-electron chi connectivity index (χ4n) is 1.62. The van der Waals surface area contributed by atoms with Crippen molar-refractivity contribution >= 4 is 23.5 Å². The largest absolute Gasteiger partial charge is 0.491 e. The predicted octanol–water partition coefficient (Wildman–Crippen LogP) is -1.40. The lowest BCUT2D eigenvalue weighted by Gasteiger charge is -2.11. The number of likely N-dealkylation sites (N-methyl/N-ethyl adjacent to an activating group) is 1. The van der Waals surface area contributed by atoms with Crippen LogP contribution >= 0.6 is 0 Å². The maximum Gasteiger partial charge on any atom is 0.252 e. The molecule has 0 aliphatic rings. The van der Waals surface area contributed by atoms with Crippen LogP contribution < -0.4 is 32.6 Å². The molecule has 9 nitrogen and oxygen atoms in total. The first kappa shape index (κ1) is 17.2. The van der Waals surface area contributed by atoms with E-state index in [4.69, 9.17) is 21.9 Å². The molecular weight excluding hydrogens is 288 g/mol. The van der Waals surface area contributed by atoms with E-state index in [1.54, 1.807) is 19.2 Å². The summed E-state index contributed by atoms with van der Waals surface area (Å²) in [5.41, 5.74) is 16.3. The van der Waals surface area contributed by atoms with Crippen LogP contribution in [0.25, 0.3) is 0 Å². The predicted molar refractivity (Wildman–Crippen MR) is 83.7 cm³/mol. The smallest absolute Gasteiger partial charge is 0.252 e. The highest BCUT2D eigenvalue weighted by Gasteiger charge is 2.12. The van der Waals surface area contributed by atoms with Gasteiger partial charge in [0.05, 0.1) is 18.7 Å². The van der Waals surface area contributed by atoms with Crippen molar-refractivity contribution in [1.29, 1.82) is 0 Å². The van der Waals surface area contributed by atoms with Gasteiger partial charge in [-0.05, 0) is 25.2 Å². The number of hydrogen-bond donors (Lipinski definition) is 5. The number of guanidine groups is 1. The van der Waals surface area contributed by atoms with Gasteiger partial charge in [-0.3, -0.25) is 14.6 Å². The van der Waals surface area contributed by atoms with Crippen LogP contribution in [0, 0.1) is 0 Å². The number of amides is 2. The second kappa shape index (κ2) is 8.47. The normalized spacial score (nSPS) is 9.86. The summed E-state index contributed by atoms with van der Waals surface area (Å²) in [5, 5.41) is 5.35. The molecule has 1 rings (SSSR count). The Morgan fingerprint density at radius 3 is 2.59 bits per heavy atom. The topological polar surface area (TPSA) is 158 Å². The van der Waals surface area contributed by atoms with Crippen molar-refractivity contribution in [3.8, 4) is 5.75 Å². The average molecular weight is 308 g/mol. The summed E-state index contributed by atoms with van der Waals surface area (Å²) in [6.45, 7) is 0.591. The Kier molecular flexibility index (Phi) is 6.64. The molecule has 22 heavy (non-hydrogen) atoms. The van der Waals surface area contributed by atoms with Crippen LogP contribution in [-0.2, 0) is 4.79 Å². The SMILES string of the molecule is CNCC(=O)Nc1ccc(OCCN=C(N)N)c(C(N)=O)c1. The zero-order chi connectivity index (χ0) is 16.5. The van der Waals surface area contributed by atoms with E-state index in [9.17, 15) is 9.59 Å². The summed E-state index contributed by atoms with van der Waals surface area (Å²) in [4.78, 5) is 26.7. The zero-order valence-corrected chi connectivity index (χ0v) is 12.3. The number of hydrogen-bond acceptors (Lipinski definition) is 5. The van der Waals surface area contributed by atoms with E-state index in [-0.39, 0.29) is 37.1 Å². The van der Waals surface area contributed by atoms with Crippen LogP contribution in [0.5, 0.6) is 5.75 Å². The number of nitrogens with two attached hydrogens (primary N) is 3. The minimum absolute atomic E-state index is 0.0404. The zero-order valence-electron chi connectivity index (χ0n) is 12.3. The Hall–Kier alpha value is -2.81. The molecule has 0 saturated heterocycles. The molecule has 0 aliphatic heterocycles. The van der Waals surface area contributed by atoms with Crippen molar-refractivity contribution in [2.75, 3.05) is 32.1 Å². The number of nitrogens with zero attached hydrogens (tertiary/aromatic N) is 1. The van der Waals surface area contributed by atoms with E-state index in [0.29, 0.717) is 11.4 Å². The van der Waals surface area contributed by atoms with E-state index in [1.807, 2.05) is 0 Å². The van der Waals surface area contributed by atoms with Crippen LogP contribution in [0.3, 0.4) is 0 Å². The Morgan fingerprint density at radius 2 is 2.00 bits per heavy atom. The third-order valence-electron chi connectivity index (χ3n) is 2.51. The fraction of sp³-hybridized carbons (Fsp3) is 0.308. The van der Waals surface area contributed by atoms with Gasteiger partial charge in [0, 0.05) is 5.69 Å². The molecule has 8 N–H and O–H groups in total. The second-order valence-electron chi connectivity index (χ2n) is 4.31. The number of primary amides is 1. The van der Waals surface area contributed by atoms with Gasteiger partial charge in [0.2, 0.25) is 5.91 Å². The average Bonchev–Trinajstić information content (AvgIpc) is 2.44. The highest BCUT2D eigenvalue weighted by molar-refractivity contribution is 5.98. The van der Waals surface area contributed by atoms with Crippen LogP contribution in [-0.4, -0.2) is 44.5 Å². The number of rotatable bonds is 8. The summed E-state index contributed by atoms with van der Waals surface area (Å²) in [7, 11) is 1.65. The molecule has 2 amide bonds. The molecule has 0 unspecified atom stereocenters. The highest BCUT2D eigenvalue weighted by Crippen LogP contribution is 2.22. The molecule has 9 heteroatoms. The van der Waals surface area contributed by atoms with Gasteiger partial charge in [-0.15, -0.1) is 0 Å². The molecule has 0 bridgehead atoms. The van der Waals surface area contributed by atoms with Crippen LogP contribution in [0.15, 0.2) is 23.2 Å². The molecular formula is C13H20N6O3. The molecule has 0 atom stereocenters. The number of anilines is 1. The summed E-state index contributed by atoms with van der Waals surface area (Å²) >= 11 is 0. The van der Waals surface area contributed by atoms with Gasteiger partial charge in [0.25, 0.3) is 5.91 Å². The minimum atomic E-state index is -0.665. The number of benzene rings is 1. The van der Waals surface area contributed by atoms with Crippen molar-refractivity contribution in [3.05, 3.63) is 23.8 Å². The number of nitrogens with one attached hydrogen (secondary N) is 2. The van der Waals surface area contributed by atoms with E-state index < -0.39 is 5.91 Å². The summed E-state index contributed by atoms with van der Waals surface area (Å²) < 4.78 is 5.41. The van der Waals surface area contributed by atoms with Gasteiger partial charge in [-0.25, -0.2) is 0 Å². The van der Waals surface area contributed by atoms with E-state index in [1.165, 1.54) is 6.07 Å². The van der Waals surface area contributed by atoms with Crippen molar-refractivity contribution in [3.63, 3.8) is 0 Å². The van der Waals surface area contributed by atoms with Gasteiger partial charge in [-0.2, -0.15) is 0 Å². The molecule has 1 aromatic carbocycles. The first-order chi connectivity index (χ1) is 10.4. The van der Waals surface area contributed by atoms with Gasteiger partial charge in [0.15, 0.2) is 5.96 Å². The maximum absolute atomic E-state index is 11.5. The number of ether oxygens (including phenoxy) is 1. The molecule has 0 spiro atoms. The minimum Gasteiger partial charge on any atom is -0.491 e.